The van der Waals surface area contributed by atoms with Crippen molar-refractivity contribution < 1.29 is 9.66 Å². The normalized spacial score (nSPS) is 19.5. The molecular formula is C12H15ClN2O3. The van der Waals surface area contributed by atoms with Crippen LogP contribution < -0.4 is 10.1 Å². The second-order valence-corrected chi connectivity index (χ2v) is 4.80. The Morgan fingerprint density at radius 2 is 2.39 bits per heavy atom. The third-order valence-electron chi connectivity index (χ3n) is 3.00. The maximum absolute atomic E-state index is 10.6. The fourth-order valence-electron chi connectivity index (χ4n) is 2.01. The Kier molecular flexibility index (Phi) is 4.38. The van der Waals surface area contributed by atoms with E-state index in [0.29, 0.717) is 18.3 Å². The Hall–Kier alpha value is -1.33. The zero-order chi connectivity index (χ0) is 13.0. The molecule has 6 heteroatoms. The summed E-state index contributed by atoms with van der Waals surface area (Å²) in [4.78, 5) is 10.1. The van der Waals surface area contributed by atoms with E-state index in [4.69, 9.17) is 16.3 Å². The van der Waals surface area contributed by atoms with Gasteiger partial charge < -0.3 is 10.1 Å². The lowest BCUT2D eigenvalue weighted by Gasteiger charge is -2.22. The summed E-state index contributed by atoms with van der Waals surface area (Å²) < 4.78 is 5.61. The van der Waals surface area contributed by atoms with Crippen molar-refractivity contribution in [2.75, 3.05) is 19.7 Å². The predicted octanol–water partition coefficient (Wildman–Crippen LogP) is 2.63. The van der Waals surface area contributed by atoms with Crippen molar-refractivity contribution in [3.63, 3.8) is 0 Å². The minimum Gasteiger partial charge on any atom is -0.493 e. The van der Waals surface area contributed by atoms with Crippen LogP contribution in [0.1, 0.15) is 12.8 Å². The van der Waals surface area contributed by atoms with E-state index in [2.05, 4.69) is 5.32 Å². The number of rotatable bonds is 4. The molecule has 1 atom stereocenters. The number of benzene rings is 1. The SMILES string of the molecule is O=[N+]([O-])c1ccc(OCC2CCCNC2)cc1Cl. The van der Waals surface area contributed by atoms with Crippen molar-refractivity contribution in [1.29, 1.82) is 0 Å². The molecule has 1 fully saturated rings. The highest BCUT2D eigenvalue weighted by Crippen LogP contribution is 2.28. The van der Waals surface area contributed by atoms with Crippen LogP contribution in [0.25, 0.3) is 0 Å². The Labute approximate surface area is 110 Å². The molecule has 1 aromatic rings. The van der Waals surface area contributed by atoms with Crippen molar-refractivity contribution in [1.82, 2.24) is 5.32 Å². The minimum atomic E-state index is -0.503. The molecule has 18 heavy (non-hydrogen) atoms. The number of ether oxygens (including phenoxy) is 1. The Morgan fingerprint density at radius 3 is 3.00 bits per heavy atom. The minimum absolute atomic E-state index is 0.0941. The summed E-state index contributed by atoms with van der Waals surface area (Å²) in [7, 11) is 0. The van der Waals surface area contributed by atoms with Gasteiger partial charge in [0.25, 0.3) is 5.69 Å². The first kappa shape index (κ1) is 13.1. The molecular weight excluding hydrogens is 256 g/mol. The first-order chi connectivity index (χ1) is 8.66. The smallest absolute Gasteiger partial charge is 0.288 e. The Bertz CT molecular complexity index is 433. The van der Waals surface area contributed by atoms with Crippen molar-refractivity contribution >= 4 is 17.3 Å². The first-order valence-corrected chi connectivity index (χ1v) is 6.32. The van der Waals surface area contributed by atoms with Gasteiger partial charge in [0.15, 0.2) is 0 Å². The summed E-state index contributed by atoms with van der Waals surface area (Å²) in [5.41, 5.74) is -0.0941. The van der Waals surface area contributed by atoms with Gasteiger partial charge in [0.2, 0.25) is 0 Å². The van der Waals surface area contributed by atoms with Gasteiger partial charge in [-0.3, -0.25) is 10.1 Å². The number of nitrogens with zero attached hydrogens (tertiary/aromatic N) is 1. The average Bonchev–Trinajstić information content (AvgIpc) is 2.37. The summed E-state index contributed by atoms with van der Waals surface area (Å²) in [6.45, 7) is 2.64. The lowest BCUT2D eigenvalue weighted by atomic mass is 10.0. The number of nitro groups is 1. The van der Waals surface area contributed by atoms with Gasteiger partial charge in [-0.2, -0.15) is 0 Å². The predicted molar refractivity (Wildman–Crippen MR) is 69.2 cm³/mol. The molecule has 0 saturated carbocycles. The van der Waals surface area contributed by atoms with E-state index < -0.39 is 4.92 Å². The number of hydrogen-bond donors (Lipinski definition) is 1. The molecule has 0 amide bonds. The summed E-state index contributed by atoms with van der Waals surface area (Å²) in [5, 5.41) is 14.0. The number of nitro benzene ring substituents is 1. The van der Waals surface area contributed by atoms with Crippen LogP contribution >= 0.6 is 11.6 Å². The van der Waals surface area contributed by atoms with Gasteiger partial charge in [-0.1, -0.05) is 11.6 Å². The zero-order valence-electron chi connectivity index (χ0n) is 9.89. The topological polar surface area (TPSA) is 64.4 Å². The fraction of sp³-hybridized carbons (Fsp3) is 0.500. The zero-order valence-corrected chi connectivity index (χ0v) is 10.7. The maximum atomic E-state index is 10.6. The van der Waals surface area contributed by atoms with Gasteiger partial charge in [0.05, 0.1) is 11.5 Å². The molecule has 5 nitrogen and oxygen atoms in total. The van der Waals surface area contributed by atoms with Crippen LogP contribution in [0.5, 0.6) is 5.75 Å². The second kappa shape index (κ2) is 6.02. The highest BCUT2D eigenvalue weighted by molar-refractivity contribution is 6.32. The number of nitrogens with one attached hydrogen (secondary N) is 1. The summed E-state index contributed by atoms with van der Waals surface area (Å²) in [5.74, 6) is 1.07. The van der Waals surface area contributed by atoms with E-state index in [1.54, 1.807) is 6.07 Å². The number of halogens is 1. The molecule has 1 aliphatic rings. The molecule has 1 aromatic carbocycles. The van der Waals surface area contributed by atoms with Crippen LogP contribution in [0.3, 0.4) is 0 Å². The summed E-state index contributed by atoms with van der Waals surface area (Å²) in [6.07, 6.45) is 2.31. The van der Waals surface area contributed by atoms with E-state index in [0.717, 1.165) is 25.9 Å². The third-order valence-corrected chi connectivity index (χ3v) is 3.30. The third kappa shape index (κ3) is 3.34. The molecule has 0 bridgehead atoms. The largest absolute Gasteiger partial charge is 0.493 e. The molecule has 0 aromatic heterocycles. The molecule has 1 N–H and O–H groups in total. The van der Waals surface area contributed by atoms with Gasteiger partial charge in [-0.05, 0) is 25.5 Å². The van der Waals surface area contributed by atoms with Crippen molar-refractivity contribution in [3.05, 3.63) is 33.3 Å². The fourth-order valence-corrected chi connectivity index (χ4v) is 2.25. The van der Waals surface area contributed by atoms with E-state index >= 15 is 0 Å². The molecule has 1 aliphatic heterocycles. The van der Waals surface area contributed by atoms with Crippen LogP contribution in [0.4, 0.5) is 5.69 Å². The molecule has 0 radical (unpaired) electrons. The molecule has 1 saturated heterocycles. The van der Waals surface area contributed by atoms with E-state index in [-0.39, 0.29) is 10.7 Å². The molecule has 0 aliphatic carbocycles. The van der Waals surface area contributed by atoms with Crippen molar-refractivity contribution in [2.24, 2.45) is 5.92 Å². The number of piperidine rings is 1. The summed E-state index contributed by atoms with van der Waals surface area (Å²) >= 11 is 5.81. The van der Waals surface area contributed by atoms with E-state index in [1.807, 2.05) is 0 Å². The Morgan fingerprint density at radius 1 is 1.56 bits per heavy atom. The molecule has 98 valence electrons. The highest BCUT2D eigenvalue weighted by Gasteiger charge is 2.15. The van der Waals surface area contributed by atoms with Gasteiger partial charge in [-0.25, -0.2) is 0 Å². The molecule has 1 unspecified atom stereocenters. The molecule has 1 heterocycles. The van der Waals surface area contributed by atoms with E-state index in [9.17, 15) is 10.1 Å². The highest BCUT2D eigenvalue weighted by atomic mass is 35.5. The van der Waals surface area contributed by atoms with Gasteiger partial charge in [0, 0.05) is 24.6 Å². The van der Waals surface area contributed by atoms with Gasteiger partial charge in [0.1, 0.15) is 10.8 Å². The van der Waals surface area contributed by atoms with E-state index in [1.165, 1.54) is 12.1 Å². The maximum Gasteiger partial charge on any atom is 0.288 e. The number of hydrogen-bond acceptors (Lipinski definition) is 4. The monoisotopic (exact) mass is 270 g/mol. The molecule has 2 rings (SSSR count). The van der Waals surface area contributed by atoms with Crippen molar-refractivity contribution in [3.8, 4) is 5.75 Å². The summed E-state index contributed by atoms with van der Waals surface area (Å²) in [6, 6.07) is 4.45. The second-order valence-electron chi connectivity index (χ2n) is 4.39. The standard InChI is InChI=1S/C12H15ClN2O3/c13-11-6-10(3-4-12(11)15(16)17)18-8-9-2-1-5-14-7-9/h3-4,6,9,14H,1-2,5,7-8H2. The lowest BCUT2D eigenvalue weighted by molar-refractivity contribution is -0.384. The first-order valence-electron chi connectivity index (χ1n) is 5.94. The van der Waals surface area contributed by atoms with Crippen LogP contribution in [0.2, 0.25) is 5.02 Å². The lowest BCUT2D eigenvalue weighted by Crippen LogP contribution is -2.33. The van der Waals surface area contributed by atoms with Crippen molar-refractivity contribution in [2.45, 2.75) is 12.8 Å². The van der Waals surface area contributed by atoms with Crippen LogP contribution in [0.15, 0.2) is 18.2 Å². The quantitative estimate of drug-likeness (QED) is 0.675. The Balaban J connectivity index is 1.93. The average molecular weight is 271 g/mol. The van der Waals surface area contributed by atoms with Crippen LogP contribution in [0, 0.1) is 16.0 Å². The van der Waals surface area contributed by atoms with Crippen LogP contribution in [-0.2, 0) is 0 Å². The molecule has 0 spiro atoms. The van der Waals surface area contributed by atoms with Crippen LogP contribution in [-0.4, -0.2) is 24.6 Å². The van der Waals surface area contributed by atoms with Gasteiger partial charge in [-0.15, -0.1) is 0 Å². The van der Waals surface area contributed by atoms with Gasteiger partial charge >= 0.3 is 0 Å².